The highest BCUT2D eigenvalue weighted by atomic mass is 19.1. The van der Waals surface area contributed by atoms with E-state index in [-0.39, 0.29) is 18.3 Å². The molecule has 34 heavy (non-hydrogen) atoms. The van der Waals surface area contributed by atoms with Gasteiger partial charge < -0.3 is 15.5 Å². The summed E-state index contributed by atoms with van der Waals surface area (Å²) in [4.78, 5) is 18.3. The van der Waals surface area contributed by atoms with Crippen molar-refractivity contribution in [3.8, 4) is 11.1 Å². The molecule has 0 unspecified atom stereocenters. The van der Waals surface area contributed by atoms with Crippen LogP contribution in [0.2, 0.25) is 0 Å². The van der Waals surface area contributed by atoms with E-state index in [0.717, 1.165) is 47.1 Å². The average molecular weight is 457 g/mol. The summed E-state index contributed by atoms with van der Waals surface area (Å²) in [6, 6.07) is 11.4. The number of rotatable bonds is 3. The summed E-state index contributed by atoms with van der Waals surface area (Å²) in [6.07, 6.45) is 2.42. The van der Waals surface area contributed by atoms with Crippen LogP contribution in [0.4, 0.5) is 16.0 Å². The second kappa shape index (κ2) is 7.92. The molecule has 2 aliphatic rings. The zero-order valence-corrected chi connectivity index (χ0v) is 19.2. The highest BCUT2D eigenvalue weighted by Crippen LogP contribution is 2.34. The molecule has 7 nitrogen and oxygen atoms in total. The maximum absolute atomic E-state index is 15.1. The van der Waals surface area contributed by atoms with Gasteiger partial charge in [0.15, 0.2) is 5.82 Å². The summed E-state index contributed by atoms with van der Waals surface area (Å²) in [5.74, 6) is 1.06. The Morgan fingerprint density at radius 2 is 1.94 bits per heavy atom. The molecule has 0 spiro atoms. The van der Waals surface area contributed by atoms with Crippen LogP contribution in [0.25, 0.3) is 21.9 Å². The number of amides is 1. The van der Waals surface area contributed by atoms with Crippen molar-refractivity contribution >= 4 is 28.3 Å². The molecule has 1 amide bonds. The number of fused-ring (bicyclic) bond motifs is 3. The van der Waals surface area contributed by atoms with Crippen LogP contribution < -0.4 is 10.6 Å². The molecule has 0 bridgehead atoms. The van der Waals surface area contributed by atoms with E-state index < -0.39 is 0 Å². The summed E-state index contributed by atoms with van der Waals surface area (Å²) in [7, 11) is 1.81. The first-order chi connectivity index (χ1) is 16.5. The first kappa shape index (κ1) is 20.8. The zero-order chi connectivity index (χ0) is 23.4. The lowest BCUT2D eigenvalue weighted by Crippen LogP contribution is -2.29. The number of nitrogens with one attached hydrogen (secondary N) is 2. The van der Waals surface area contributed by atoms with E-state index >= 15 is 4.39 Å². The van der Waals surface area contributed by atoms with Gasteiger partial charge in [0, 0.05) is 62.0 Å². The van der Waals surface area contributed by atoms with Crippen LogP contribution in [0.1, 0.15) is 22.4 Å². The van der Waals surface area contributed by atoms with Gasteiger partial charge in [-0.25, -0.2) is 9.37 Å². The standard InChI is InChI=1S/C26H25FN6O/c1-15-20(4-3-16-11-28-13-22(15)16)21-7-17-9-24(29-12-18(17)8-23(21)27)30-25-10-19-5-6-32(2)26(34)14-33(19)31-25/h3-4,7-10,12,28H,5-6,11,13-14H2,1-2H3,(H,29,30,31). The van der Waals surface area contributed by atoms with Crippen LogP contribution in [0.5, 0.6) is 0 Å². The molecule has 2 N–H and O–H groups in total. The number of likely N-dealkylation sites (N-methyl/N-ethyl adjacent to an activating group) is 1. The average Bonchev–Trinajstić information content (AvgIpc) is 3.42. The lowest BCUT2D eigenvalue weighted by molar-refractivity contribution is -0.130. The maximum atomic E-state index is 15.1. The number of carbonyl (C=O) groups excluding carboxylic acids is 1. The molecule has 8 heteroatoms. The smallest absolute Gasteiger partial charge is 0.244 e. The largest absolute Gasteiger partial charge is 0.344 e. The summed E-state index contributed by atoms with van der Waals surface area (Å²) in [6.45, 7) is 4.65. The van der Waals surface area contributed by atoms with Gasteiger partial charge in [-0.1, -0.05) is 12.1 Å². The second-order valence-electron chi connectivity index (χ2n) is 9.10. The van der Waals surface area contributed by atoms with Crippen molar-refractivity contribution in [1.82, 2.24) is 25.0 Å². The van der Waals surface area contributed by atoms with Crippen molar-refractivity contribution in [1.29, 1.82) is 0 Å². The zero-order valence-electron chi connectivity index (χ0n) is 19.2. The van der Waals surface area contributed by atoms with Gasteiger partial charge in [0.1, 0.15) is 18.2 Å². The third-order valence-electron chi connectivity index (χ3n) is 6.94. The summed E-state index contributed by atoms with van der Waals surface area (Å²) in [5.41, 5.74) is 6.18. The van der Waals surface area contributed by atoms with E-state index in [2.05, 4.69) is 33.7 Å². The molecular formula is C26H25FN6O. The first-order valence-corrected chi connectivity index (χ1v) is 11.5. The maximum Gasteiger partial charge on any atom is 0.244 e. The molecule has 0 atom stereocenters. The second-order valence-corrected chi connectivity index (χ2v) is 9.10. The molecule has 0 saturated carbocycles. The number of nitrogens with zero attached hydrogens (tertiary/aromatic N) is 4. The topological polar surface area (TPSA) is 75.1 Å². The molecule has 2 aromatic carbocycles. The van der Waals surface area contributed by atoms with Gasteiger partial charge in [-0.15, -0.1) is 0 Å². The Labute approximate surface area is 196 Å². The van der Waals surface area contributed by atoms with Crippen LogP contribution in [-0.2, 0) is 30.8 Å². The van der Waals surface area contributed by atoms with Crippen molar-refractivity contribution in [2.24, 2.45) is 0 Å². The number of anilines is 2. The molecule has 2 aliphatic heterocycles. The predicted molar refractivity (Wildman–Crippen MR) is 129 cm³/mol. The Morgan fingerprint density at radius 3 is 2.82 bits per heavy atom. The lowest BCUT2D eigenvalue weighted by Gasteiger charge is -2.13. The fourth-order valence-corrected chi connectivity index (χ4v) is 4.92. The van der Waals surface area contributed by atoms with Crippen LogP contribution in [0.15, 0.2) is 42.6 Å². The van der Waals surface area contributed by atoms with Crippen molar-refractivity contribution < 1.29 is 9.18 Å². The van der Waals surface area contributed by atoms with Crippen molar-refractivity contribution in [3.63, 3.8) is 0 Å². The Hall–Kier alpha value is -3.78. The van der Waals surface area contributed by atoms with Gasteiger partial charge in [0.25, 0.3) is 0 Å². The molecule has 4 aromatic rings. The molecular weight excluding hydrogens is 431 g/mol. The van der Waals surface area contributed by atoms with Gasteiger partial charge in [0.2, 0.25) is 5.91 Å². The number of pyridine rings is 1. The fourth-order valence-electron chi connectivity index (χ4n) is 4.92. The Kier molecular flexibility index (Phi) is 4.84. The molecule has 172 valence electrons. The van der Waals surface area contributed by atoms with E-state index in [1.807, 2.05) is 31.3 Å². The summed E-state index contributed by atoms with van der Waals surface area (Å²) in [5, 5.41) is 12.8. The van der Waals surface area contributed by atoms with Gasteiger partial charge in [-0.05, 0) is 52.8 Å². The van der Waals surface area contributed by atoms with Crippen LogP contribution in [0.3, 0.4) is 0 Å². The predicted octanol–water partition coefficient (Wildman–Crippen LogP) is 3.91. The van der Waals surface area contributed by atoms with Crippen LogP contribution in [-0.4, -0.2) is 39.2 Å². The minimum atomic E-state index is -0.253. The Bertz CT molecular complexity index is 1460. The third kappa shape index (κ3) is 3.51. The number of aromatic nitrogens is 3. The third-order valence-corrected chi connectivity index (χ3v) is 6.94. The van der Waals surface area contributed by atoms with Crippen molar-refractivity contribution in [2.75, 3.05) is 18.9 Å². The minimum Gasteiger partial charge on any atom is -0.344 e. The summed E-state index contributed by atoms with van der Waals surface area (Å²) >= 11 is 0. The summed E-state index contributed by atoms with van der Waals surface area (Å²) < 4.78 is 16.8. The van der Waals surface area contributed by atoms with Gasteiger partial charge in [-0.3, -0.25) is 9.48 Å². The minimum absolute atomic E-state index is 0.0458. The highest BCUT2D eigenvalue weighted by Gasteiger charge is 2.20. The van der Waals surface area contributed by atoms with E-state index in [9.17, 15) is 4.79 Å². The monoisotopic (exact) mass is 456 g/mol. The van der Waals surface area contributed by atoms with Gasteiger partial charge >= 0.3 is 0 Å². The number of carbonyl (C=O) groups is 1. The van der Waals surface area contributed by atoms with Crippen LogP contribution >= 0.6 is 0 Å². The molecule has 0 fully saturated rings. The van der Waals surface area contributed by atoms with Gasteiger partial charge in [-0.2, -0.15) is 5.10 Å². The number of hydrogen-bond donors (Lipinski definition) is 2. The molecule has 6 rings (SSSR count). The van der Waals surface area contributed by atoms with Crippen molar-refractivity contribution in [2.45, 2.75) is 33.0 Å². The van der Waals surface area contributed by atoms with E-state index in [0.29, 0.717) is 23.7 Å². The number of hydrogen-bond acceptors (Lipinski definition) is 5. The van der Waals surface area contributed by atoms with Crippen molar-refractivity contribution in [3.05, 3.63) is 70.8 Å². The van der Waals surface area contributed by atoms with Gasteiger partial charge in [0.05, 0.1) is 0 Å². The fraction of sp³-hybridized carbons (Fsp3) is 0.269. The SMILES string of the molecule is Cc1c(-c2cc3cc(Nc4cc5n(n4)CC(=O)N(C)CC5)ncc3cc2F)ccc2c1CNC2. The van der Waals surface area contributed by atoms with Crippen LogP contribution in [0, 0.1) is 12.7 Å². The van der Waals surface area contributed by atoms with E-state index in [1.54, 1.807) is 21.8 Å². The molecule has 4 heterocycles. The Balaban J connectivity index is 1.34. The number of benzene rings is 2. The van der Waals surface area contributed by atoms with E-state index in [4.69, 9.17) is 0 Å². The number of halogens is 1. The lowest BCUT2D eigenvalue weighted by atomic mass is 9.93. The quantitative estimate of drug-likeness (QED) is 0.489. The molecule has 0 radical (unpaired) electrons. The highest BCUT2D eigenvalue weighted by molar-refractivity contribution is 5.89. The normalized spacial score (nSPS) is 15.4. The molecule has 0 saturated heterocycles. The Morgan fingerprint density at radius 1 is 1.06 bits per heavy atom. The molecule has 2 aromatic heterocycles. The molecule has 0 aliphatic carbocycles. The first-order valence-electron chi connectivity index (χ1n) is 11.5. The van der Waals surface area contributed by atoms with E-state index in [1.165, 1.54) is 11.1 Å².